The van der Waals surface area contributed by atoms with Crippen molar-refractivity contribution in [2.24, 2.45) is 0 Å². The van der Waals surface area contributed by atoms with E-state index in [-0.39, 0.29) is 18.6 Å². The van der Waals surface area contributed by atoms with Gasteiger partial charge in [-0.05, 0) is 37.8 Å². The summed E-state index contributed by atoms with van der Waals surface area (Å²) in [5.74, 6) is 5.49. The van der Waals surface area contributed by atoms with Gasteiger partial charge < -0.3 is 10.0 Å². The van der Waals surface area contributed by atoms with Gasteiger partial charge in [-0.1, -0.05) is 24.1 Å². The van der Waals surface area contributed by atoms with Crippen LogP contribution in [0.3, 0.4) is 0 Å². The number of amides is 1. The molecule has 3 heteroatoms. The van der Waals surface area contributed by atoms with Crippen molar-refractivity contribution in [2.75, 3.05) is 13.2 Å². The molecule has 1 atom stereocenters. The first-order valence-electron chi connectivity index (χ1n) is 6.80. The zero-order valence-electron chi connectivity index (χ0n) is 11.0. The molecule has 1 amide bonds. The third-order valence-electron chi connectivity index (χ3n) is 3.44. The Kier molecular flexibility index (Phi) is 5.00. The number of carbonyl (C=O) groups excluding carboxylic acids is 1. The highest BCUT2D eigenvalue weighted by Gasteiger charge is 2.24. The van der Waals surface area contributed by atoms with Crippen molar-refractivity contribution in [3.8, 4) is 11.8 Å². The lowest BCUT2D eigenvalue weighted by atomic mass is 9.99. The molecule has 0 aliphatic carbocycles. The van der Waals surface area contributed by atoms with E-state index in [9.17, 15) is 4.79 Å². The van der Waals surface area contributed by atoms with Gasteiger partial charge in [0.15, 0.2) is 0 Å². The van der Waals surface area contributed by atoms with Crippen LogP contribution in [-0.4, -0.2) is 35.1 Å². The fourth-order valence-corrected chi connectivity index (χ4v) is 2.44. The van der Waals surface area contributed by atoms with Gasteiger partial charge in [0.1, 0.15) is 0 Å². The topological polar surface area (TPSA) is 40.5 Å². The molecule has 1 N–H and O–H groups in total. The maximum absolute atomic E-state index is 12.1. The van der Waals surface area contributed by atoms with Crippen LogP contribution in [0.1, 0.15) is 31.2 Å². The summed E-state index contributed by atoms with van der Waals surface area (Å²) < 4.78 is 0. The molecule has 0 radical (unpaired) electrons. The van der Waals surface area contributed by atoms with Crippen LogP contribution in [0.15, 0.2) is 30.3 Å². The minimum atomic E-state index is -0.123. The lowest BCUT2D eigenvalue weighted by Crippen LogP contribution is -2.43. The Morgan fingerprint density at radius 3 is 2.84 bits per heavy atom. The molecule has 0 aromatic heterocycles. The molecule has 1 unspecified atom stereocenters. The van der Waals surface area contributed by atoms with Gasteiger partial charge in [0.25, 0.3) is 5.91 Å². The Bertz CT molecular complexity index is 471. The van der Waals surface area contributed by atoms with Gasteiger partial charge in [0.2, 0.25) is 0 Å². The van der Waals surface area contributed by atoms with Crippen molar-refractivity contribution in [3.63, 3.8) is 0 Å². The number of hydrogen-bond donors (Lipinski definition) is 1. The van der Waals surface area contributed by atoms with Crippen LogP contribution in [0.5, 0.6) is 0 Å². The quantitative estimate of drug-likeness (QED) is 0.821. The molecule has 1 aliphatic rings. The fourth-order valence-electron chi connectivity index (χ4n) is 2.44. The first-order valence-corrected chi connectivity index (χ1v) is 6.80. The first kappa shape index (κ1) is 13.6. The smallest absolute Gasteiger partial charge is 0.299 e. The highest BCUT2D eigenvalue weighted by Crippen LogP contribution is 2.19. The van der Waals surface area contributed by atoms with Crippen molar-refractivity contribution in [1.29, 1.82) is 0 Å². The molecular formula is C16H19NO2. The predicted octanol–water partition coefficient (Wildman–Crippen LogP) is 1.80. The van der Waals surface area contributed by atoms with E-state index in [1.165, 1.54) is 0 Å². The number of benzene rings is 1. The van der Waals surface area contributed by atoms with E-state index in [2.05, 4.69) is 11.8 Å². The lowest BCUT2D eigenvalue weighted by Gasteiger charge is -2.34. The van der Waals surface area contributed by atoms with Crippen LogP contribution in [0, 0.1) is 11.8 Å². The van der Waals surface area contributed by atoms with Gasteiger partial charge >= 0.3 is 0 Å². The van der Waals surface area contributed by atoms with Crippen LogP contribution in [0.4, 0.5) is 0 Å². The molecule has 3 nitrogen and oxygen atoms in total. The van der Waals surface area contributed by atoms with E-state index in [4.69, 9.17) is 5.11 Å². The predicted molar refractivity (Wildman–Crippen MR) is 74.4 cm³/mol. The number of nitrogens with zero attached hydrogens (tertiary/aromatic N) is 1. The average Bonchev–Trinajstić information content (AvgIpc) is 2.47. The number of likely N-dealkylation sites (tertiary alicyclic amines) is 1. The molecule has 19 heavy (non-hydrogen) atoms. The molecule has 0 bridgehead atoms. The highest BCUT2D eigenvalue weighted by molar-refractivity contribution is 5.94. The number of piperidine rings is 1. The largest absolute Gasteiger partial charge is 0.396 e. The lowest BCUT2D eigenvalue weighted by molar-refractivity contribution is -0.128. The summed E-state index contributed by atoms with van der Waals surface area (Å²) in [5, 5.41) is 9.05. The van der Waals surface area contributed by atoms with Crippen LogP contribution in [-0.2, 0) is 4.79 Å². The second kappa shape index (κ2) is 6.96. The van der Waals surface area contributed by atoms with Gasteiger partial charge in [-0.25, -0.2) is 0 Å². The number of rotatable bonds is 2. The molecule has 0 saturated carbocycles. The molecule has 1 aromatic carbocycles. The summed E-state index contributed by atoms with van der Waals surface area (Å²) in [7, 11) is 0. The van der Waals surface area contributed by atoms with Gasteiger partial charge in [-0.15, -0.1) is 0 Å². The Labute approximate surface area is 114 Å². The zero-order valence-corrected chi connectivity index (χ0v) is 11.0. The van der Waals surface area contributed by atoms with Gasteiger partial charge in [-0.3, -0.25) is 4.79 Å². The summed E-state index contributed by atoms with van der Waals surface area (Å²) in [6, 6.07) is 9.67. The maximum Gasteiger partial charge on any atom is 0.299 e. The summed E-state index contributed by atoms with van der Waals surface area (Å²) in [6.07, 6.45) is 3.78. The molecule has 2 rings (SSSR count). The summed E-state index contributed by atoms with van der Waals surface area (Å²) in [5.41, 5.74) is 0.853. The van der Waals surface area contributed by atoms with Crippen LogP contribution < -0.4 is 0 Å². The Morgan fingerprint density at radius 1 is 1.32 bits per heavy atom. The van der Waals surface area contributed by atoms with Crippen molar-refractivity contribution in [3.05, 3.63) is 35.9 Å². The normalized spacial score (nSPS) is 18.6. The molecule has 1 aromatic rings. The third-order valence-corrected chi connectivity index (χ3v) is 3.44. The Balaban J connectivity index is 2.04. The van der Waals surface area contributed by atoms with E-state index >= 15 is 0 Å². The molecule has 1 aliphatic heterocycles. The molecule has 1 saturated heterocycles. The SMILES string of the molecule is O=C(C#Cc1ccccc1)N1CCCCC1CCO. The van der Waals surface area contributed by atoms with Crippen molar-refractivity contribution < 1.29 is 9.90 Å². The Morgan fingerprint density at radius 2 is 2.11 bits per heavy atom. The van der Waals surface area contributed by atoms with Crippen molar-refractivity contribution >= 4 is 5.91 Å². The van der Waals surface area contributed by atoms with Crippen molar-refractivity contribution in [2.45, 2.75) is 31.7 Å². The fraction of sp³-hybridized carbons (Fsp3) is 0.438. The number of hydrogen-bond acceptors (Lipinski definition) is 2. The van der Waals surface area contributed by atoms with Crippen LogP contribution >= 0.6 is 0 Å². The number of aliphatic hydroxyl groups excluding tert-OH is 1. The minimum Gasteiger partial charge on any atom is -0.396 e. The first-order chi connectivity index (χ1) is 9.31. The second-order valence-electron chi connectivity index (χ2n) is 4.78. The minimum absolute atomic E-state index is 0.123. The van der Waals surface area contributed by atoms with E-state index < -0.39 is 0 Å². The molecule has 0 spiro atoms. The summed E-state index contributed by atoms with van der Waals surface area (Å²) in [6.45, 7) is 0.882. The van der Waals surface area contributed by atoms with E-state index in [0.717, 1.165) is 31.4 Å². The van der Waals surface area contributed by atoms with Crippen LogP contribution in [0.2, 0.25) is 0 Å². The van der Waals surface area contributed by atoms with E-state index in [0.29, 0.717) is 6.42 Å². The highest BCUT2D eigenvalue weighted by atomic mass is 16.3. The van der Waals surface area contributed by atoms with Crippen LogP contribution in [0.25, 0.3) is 0 Å². The summed E-state index contributed by atoms with van der Waals surface area (Å²) in [4.78, 5) is 13.9. The number of carbonyl (C=O) groups is 1. The van der Waals surface area contributed by atoms with Gasteiger partial charge in [0, 0.05) is 30.7 Å². The molecule has 100 valence electrons. The van der Waals surface area contributed by atoms with Gasteiger partial charge in [0.05, 0.1) is 0 Å². The monoisotopic (exact) mass is 257 g/mol. The summed E-state index contributed by atoms with van der Waals surface area (Å²) >= 11 is 0. The second-order valence-corrected chi connectivity index (χ2v) is 4.78. The van der Waals surface area contributed by atoms with E-state index in [1.807, 2.05) is 35.2 Å². The standard InChI is InChI=1S/C16H19NO2/c18-13-11-15-8-4-5-12-17(15)16(19)10-9-14-6-2-1-3-7-14/h1-3,6-7,15,18H,4-5,8,11-13H2. The molecular weight excluding hydrogens is 238 g/mol. The zero-order chi connectivity index (χ0) is 13.5. The average molecular weight is 257 g/mol. The Hall–Kier alpha value is -1.79. The van der Waals surface area contributed by atoms with E-state index in [1.54, 1.807) is 0 Å². The van der Waals surface area contributed by atoms with Crippen molar-refractivity contribution in [1.82, 2.24) is 4.90 Å². The third kappa shape index (κ3) is 3.84. The maximum atomic E-state index is 12.1. The molecule has 1 heterocycles. The molecule has 1 fully saturated rings. The van der Waals surface area contributed by atoms with Gasteiger partial charge in [-0.2, -0.15) is 0 Å². The number of aliphatic hydroxyl groups is 1.